The molecule has 6 nitrogen and oxygen atoms in total. The Hall–Kier alpha value is -0.600. The molecule has 2 unspecified atom stereocenters. The van der Waals surface area contributed by atoms with E-state index in [-0.39, 0.29) is 6.67 Å². The van der Waals surface area contributed by atoms with Crippen LogP contribution in [0.3, 0.4) is 0 Å². The van der Waals surface area contributed by atoms with Gasteiger partial charge in [-0.15, -0.1) is 5.10 Å². The second-order valence-corrected chi connectivity index (χ2v) is 6.42. The number of aromatic nitrogens is 2. The van der Waals surface area contributed by atoms with Crippen molar-refractivity contribution in [2.45, 2.75) is 52.2 Å². The topological polar surface area (TPSA) is 72.3 Å². The fourth-order valence-corrected chi connectivity index (χ4v) is 3.39. The quantitative estimate of drug-likeness (QED) is 0.474. The van der Waals surface area contributed by atoms with Gasteiger partial charge in [0.1, 0.15) is 11.7 Å². The summed E-state index contributed by atoms with van der Waals surface area (Å²) in [5, 5.41) is 32.2. The summed E-state index contributed by atoms with van der Waals surface area (Å²) in [5.41, 5.74) is 0. The van der Waals surface area contributed by atoms with Crippen LogP contribution in [0.5, 0.6) is 0 Å². The van der Waals surface area contributed by atoms with E-state index in [2.05, 4.69) is 17.1 Å². The van der Waals surface area contributed by atoms with Gasteiger partial charge in [-0.25, -0.2) is 4.90 Å². The highest BCUT2D eigenvalue weighted by Gasteiger charge is 2.42. The average molecular weight is 300 g/mol. The lowest BCUT2D eigenvalue weighted by molar-refractivity contribution is 0.0843. The first-order valence-corrected chi connectivity index (χ1v) is 8.24. The van der Waals surface area contributed by atoms with Crippen LogP contribution < -0.4 is 4.65 Å². The number of aliphatic hydroxyl groups is 1. The first-order valence-electron chi connectivity index (χ1n) is 7.42. The van der Waals surface area contributed by atoms with Gasteiger partial charge in [0.2, 0.25) is 6.23 Å². The number of aliphatic hydroxyl groups excluding tert-OH is 1. The molecule has 2 heterocycles. The number of unbranched alkanes of at least 4 members (excludes halogenated alkanes) is 3. The molecule has 0 spiro atoms. The van der Waals surface area contributed by atoms with Crippen LogP contribution in [0.15, 0.2) is 0 Å². The van der Waals surface area contributed by atoms with Crippen LogP contribution >= 0.6 is 11.3 Å². The predicted molar refractivity (Wildman–Crippen MR) is 81.0 cm³/mol. The molecule has 0 aromatic carbocycles. The molecule has 114 valence electrons. The summed E-state index contributed by atoms with van der Waals surface area (Å²) in [4.78, 5) is 1.94. The van der Waals surface area contributed by atoms with Crippen molar-refractivity contribution >= 4 is 16.5 Å². The monoisotopic (exact) mass is 300 g/mol. The van der Waals surface area contributed by atoms with Crippen molar-refractivity contribution in [3.63, 3.8) is 0 Å². The van der Waals surface area contributed by atoms with Crippen molar-refractivity contribution in [1.29, 1.82) is 0 Å². The smallest absolute Gasteiger partial charge is 0.309 e. The van der Waals surface area contributed by atoms with Crippen LogP contribution in [0.1, 0.15) is 44.5 Å². The molecule has 1 aromatic rings. The first kappa shape index (κ1) is 15.8. The molecule has 0 amide bonds. The van der Waals surface area contributed by atoms with Gasteiger partial charge >= 0.3 is 5.13 Å². The zero-order chi connectivity index (χ0) is 14.6. The van der Waals surface area contributed by atoms with E-state index < -0.39 is 10.9 Å². The van der Waals surface area contributed by atoms with Crippen molar-refractivity contribution in [3.8, 4) is 0 Å². The zero-order valence-corrected chi connectivity index (χ0v) is 13.1. The summed E-state index contributed by atoms with van der Waals surface area (Å²) in [6.07, 6.45) is 4.65. The third-order valence-corrected chi connectivity index (χ3v) is 4.88. The molecule has 0 saturated carbocycles. The van der Waals surface area contributed by atoms with Gasteiger partial charge < -0.3 is 10.3 Å². The summed E-state index contributed by atoms with van der Waals surface area (Å²) in [7, 11) is 0. The second-order valence-electron chi connectivity index (χ2n) is 5.38. The van der Waals surface area contributed by atoms with Gasteiger partial charge in [0.25, 0.3) is 0 Å². The van der Waals surface area contributed by atoms with Gasteiger partial charge in [0.05, 0.1) is 6.54 Å². The molecule has 20 heavy (non-hydrogen) atoms. The third-order valence-electron chi connectivity index (χ3n) is 3.78. The van der Waals surface area contributed by atoms with E-state index in [1.807, 2.05) is 11.8 Å². The van der Waals surface area contributed by atoms with Crippen molar-refractivity contribution in [2.75, 3.05) is 19.8 Å². The predicted octanol–water partition coefficient (Wildman–Crippen LogP) is 2.08. The molecule has 2 atom stereocenters. The molecule has 7 heteroatoms. The van der Waals surface area contributed by atoms with E-state index in [1.54, 1.807) is 0 Å². The largest absolute Gasteiger partial charge is 0.623 e. The molecule has 0 bridgehead atoms. The molecule has 0 radical (unpaired) electrons. The second kappa shape index (κ2) is 6.91. The molecule has 2 rings (SSSR count). The van der Waals surface area contributed by atoms with Gasteiger partial charge in [-0.05, 0) is 17.8 Å². The number of likely N-dealkylation sites (N-methyl/N-ethyl adjacent to an activating group) is 1. The minimum atomic E-state index is -0.948. The molecular weight excluding hydrogens is 276 g/mol. The number of quaternary nitrogens is 1. The van der Waals surface area contributed by atoms with Gasteiger partial charge in [-0.2, -0.15) is 0 Å². The third kappa shape index (κ3) is 3.35. The Morgan fingerprint density at radius 2 is 2.15 bits per heavy atom. The van der Waals surface area contributed by atoms with Crippen molar-refractivity contribution in [3.05, 3.63) is 10.2 Å². The summed E-state index contributed by atoms with van der Waals surface area (Å²) in [6, 6.07) is 0. The number of hydrogen-bond acceptors (Lipinski definition) is 6. The normalized spacial score (nSPS) is 27.3. The Bertz CT molecular complexity index is 428. The number of hydrogen-bond donors (Lipinski definition) is 1. The zero-order valence-electron chi connectivity index (χ0n) is 12.3. The average Bonchev–Trinajstić information content (AvgIpc) is 3.02. The lowest BCUT2D eigenvalue weighted by atomic mass is 10.2. The van der Waals surface area contributed by atoms with Gasteiger partial charge in [0, 0.05) is 13.0 Å². The van der Waals surface area contributed by atoms with E-state index in [0.29, 0.717) is 11.7 Å². The van der Waals surface area contributed by atoms with Gasteiger partial charge in [-0.3, -0.25) is 4.65 Å². The molecule has 1 aliphatic rings. The van der Waals surface area contributed by atoms with Crippen LogP contribution in [0, 0.1) is 5.21 Å². The number of hydroxylamine groups is 2. The molecule has 1 fully saturated rings. The number of aryl methyl sites for hydroxylation is 1. The fourth-order valence-electron chi connectivity index (χ4n) is 2.43. The summed E-state index contributed by atoms with van der Waals surface area (Å²) in [5.74, 6) is 0. The maximum Gasteiger partial charge on any atom is 0.309 e. The molecule has 1 aliphatic heterocycles. The highest BCUT2D eigenvalue weighted by atomic mass is 32.1. The SMILES string of the molecule is CCCCCCc1nnc([N+]2([O-])CN(CC)CC2O)s1. The van der Waals surface area contributed by atoms with E-state index in [9.17, 15) is 10.3 Å². The Morgan fingerprint density at radius 1 is 1.35 bits per heavy atom. The number of rotatable bonds is 7. The minimum Gasteiger partial charge on any atom is -0.623 e. The molecule has 0 aliphatic carbocycles. The van der Waals surface area contributed by atoms with E-state index in [4.69, 9.17) is 0 Å². The Labute approximate surface area is 124 Å². The van der Waals surface area contributed by atoms with Crippen molar-refractivity contribution in [2.24, 2.45) is 0 Å². The summed E-state index contributed by atoms with van der Waals surface area (Å²) < 4.78 is -0.763. The van der Waals surface area contributed by atoms with Crippen molar-refractivity contribution in [1.82, 2.24) is 19.7 Å². The molecule has 1 N–H and O–H groups in total. The lowest BCUT2D eigenvalue weighted by Gasteiger charge is -2.36. The van der Waals surface area contributed by atoms with Gasteiger partial charge in [-0.1, -0.05) is 38.2 Å². The van der Waals surface area contributed by atoms with Crippen LogP contribution in [0.2, 0.25) is 0 Å². The molecule has 1 aromatic heterocycles. The fraction of sp³-hybridized carbons (Fsp3) is 0.846. The Balaban J connectivity index is 1.97. The maximum atomic E-state index is 12.7. The number of nitrogens with zero attached hydrogens (tertiary/aromatic N) is 4. The highest BCUT2D eigenvalue weighted by molar-refractivity contribution is 7.15. The molecule has 1 saturated heterocycles. The summed E-state index contributed by atoms with van der Waals surface area (Å²) in [6.45, 7) is 5.61. The first-order chi connectivity index (χ1) is 9.60. The van der Waals surface area contributed by atoms with Crippen LogP contribution in [0.4, 0.5) is 5.13 Å². The van der Waals surface area contributed by atoms with Crippen LogP contribution in [0.25, 0.3) is 0 Å². The van der Waals surface area contributed by atoms with Gasteiger partial charge in [0.15, 0.2) is 0 Å². The van der Waals surface area contributed by atoms with E-state index >= 15 is 0 Å². The standard InChI is InChI=1S/C13H24N4O2S/c1-3-5-6-7-8-11-14-15-13(20-11)17(19)10-16(4-2)9-12(17)18/h12,18H,3-10H2,1-2H3. The highest BCUT2D eigenvalue weighted by Crippen LogP contribution is 2.33. The number of β-amino-alcohol motifs (C(OH)–C–C–N with tert-alkyl or cyclic N) is 1. The Morgan fingerprint density at radius 3 is 2.80 bits per heavy atom. The van der Waals surface area contributed by atoms with Crippen LogP contribution in [-0.2, 0) is 6.42 Å². The van der Waals surface area contributed by atoms with Crippen molar-refractivity contribution < 1.29 is 5.11 Å². The summed E-state index contributed by atoms with van der Waals surface area (Å²) >= 11 is 1.35. The maximum absolute atomic E-state index is 12.7. The van der Waals surface area contributed by atoms with E-state index in [1.165, 1.54) is 30.6 Å². The lowest BCUT2D eigenvalue weighted by Crippen LogP contribution is -2.48. The van der Waals surface area contributed by atoms with Crippen LogP contribution in [-0.4, -0.2) is 46.2 Å². The minimum absolute atomic E-state index is 0.266. The Kier molecular flexibility index (Phi) is 5.45. The molecular formula is C13H24N4O2S. The van der Waals surface area contributed by atoms with E-state index in [0.717, 1.165) is 24.4 Å².